The molecule has 0 aromatic heterocycles. The van der Waals surface area contributed by atoms with Gasteiger partial charge in [0.2, 0.25) is 6.79 Å². The van der Waals surface area contributed by atoms with Crippen molar-refractivity contribution < 1.29 is 14.2 Å². The van der Waals surface area contributed by atoms with Crippen molar-refractivity contribution >= 4 is 0 Å². The van der Waals surface area contributed by atoms with E-state index in [1.54, 1.807) is 0 Å². The van der Waals surface area contributed by atoms with Crippen LogP contribution in [0.3, 0.4) is 0 Å². The van der Waals surface area contributed by atoms with Gasteiger partial charge in [0.25, 0.3) is 0 Å². The summed E-state index contributed by atoms with van der Waals surface area (Å²) < 4.78 is 16.4. The molecule has 2 rings (SSSR count). The first-order valence-electron chi connectivity index (χ1n) is 6.49. The number of nitrogens with one attached hydrogen (secondary N) is 1. The Morgan fingerprint density at radius 3 is 2.94 bits per heavy atom. The van der Waals surface area contributed by atoms with Gasteiger partial charge in [-0.05, 0) is 31.2 Å². The fraction of sp³-hybridized carbons (Fsp3) is 0.571. The van der Waals surface area contributed by atoms with Gasteiger partial charge in [-0.25, -0.2) is 0 Å². The molecule has 0 saturated heterocycles. The van der Waals surface area contributed by atoms with Crippen LogP contribution in [0.15, 0.2) is 18.2 Å². The summed E-state index contributed by atoms with van der Waals surface area (Å²) >= 11 is 0. The second kappa shape index (κ2) is 6.61. The van der Waals surface area contributed by atoms with Crippen LogP contribution in [0, 0.1) is 0 Å². The molecule has 1 atom stereocenters. The topological polar surface area (TPSA) is 39.7 Å². The highest BCUT2D eigenvalue weighted by atomic mass is 16.7. The highest BCUT2D eigenvalue weighted by Crippen LogP contribution is 2.34. The Morgan fingerprint density at radius 2 is 2.17 bits per heavy atom. The Kier molecular flexibility index (Phi) is 4.84. The van der Waals surface area contributed by atoms with Crippen LogP contribution in [0.5, 0.6) is 11.5 Å². The van der Waals surface area contributed by atoms with E-state index in [4.69, 9.17) is 14.2 Å². The van der Waals surface area contributed by atoms with Crippen LogP contribution in [-0.4, -0.2) is 27.1 Å². The van der Waals surface area contributed by atoms with Gasteiger partial charge in [0.05, 0.1) is 12.6 Å². The summed E-state index contributed by atoms with van der Waals surface area (Å²) in [7, 11) is 1.94. The summed E-state index contributed by atoms with van der Waals surface area (Å²) in [5.41, 5.74) is 1.17. The van der Waals surface area contributed by atoms with Crippen LogP contribution in [0.4, 0.5) is 0 Å². The van der Waals surface area contributed by atoms with Crippen molar-refractivity contribution in [1.82, 2.24) is 5.32 Å². The highest BCUT2D eigenvalue weighted by Gasteiger charge is 2.17. The number of hydrogen-bond donors (Lipinski definition) is 1. The lowest BCUT2D eigenvalue weighted by atomic mass is 10.1. The first kappa shape index (κ1) is 13.2. The molecule has 18 heavy (non-hydrogen) atoms. The number of likely N-dealkylation sites (N-methyl/N-ethyl adjacent to an activating group) is 1. The lowest BCUT2D eigenvalue weighted by Gasteiger charge is -2.17. The SMILES string of the molecule is CCCCOCC(NC)c1ccc2c(c1)OCO2. The molecule has 0 amide bonds. The van der Waals surface area contributed by atoms with E-state index in [-0.39, 0.29) is 6.04 Å². The van der Waals surface area contributed by atoms with E-state index in [2.05, 4.69) is 18.3 Å². The third-order valence-corrected chi connectivity index (χ3v) is 3.07. The third kappa shape index (κ3) is 3.15. The molecule has 1 heterocycles. The number of rotatable bonds is 7. The zero-order chi connectivity index (χ0) is 12.8. The van der Waals surface area contributed by atoms with Gasteiger partial charge in [-0.2, -0.15) is 0 Å². The number of benzene rings is 1. The van der Waals surface area contributed by atoms with E-state index in [1.165, 1.54) is 5.56 Å². The van der Waals surface area contributed by atoms with Gasteiger partial charge in [0, 0.05) is 6.61 Å². The smallest absolute Gasteiger partial charge is 0.231 e. The van der Waals surface area contributed by atoms with Crippen LogP contribution >= 0.6 is 0 Å². The summed E-state index contributed by atoms with van der Waals surface area (Å²) in [4.78, 5) is 0. The van der Waals surface area contributed by atoms with Gasteiger partial charge in [0.1, 0.15) is 0 Å². The zero-order valence-electron chi connectivity index (χ0n) is 11.1. The maximum absolute atomic E-state index is 5.67. The average Bonchev–Trinajstić information content (AvgIpc) is 2.86. The predicted octanol–water partition coefficient (Wildman–Crippen LogP) is 2.49. The van der Waals surface area contributed by atoms with E-state index in [9.17, 15) is 0 Å². The van der Waals surface area contributed by atoms with Gasteiger partial charge in [-0.3, -0.25) is 0 Å². The van der Waals surface area contributed by atoms with Crippen LogP contribution in [-0.2, 0) is 4.74 Å². The quantitative estimate of drug-likeness (QED) is 0.756. The number of ether oxygens (including phenoxy) is 3. The van der Waals surface area contributed by atoms with Crippen molar-refractivity contribution in [3.63, 3.8) is 0 Å². The van der Waals surface area contributed by atoms with Crippen molar-refractivity contribution in [2.45, 2.75) is 25.8 Å². The molecule has 100 valence electrons. The molecule has 0 spiro atoms. The molecule has 1 aliphatic heterocycles. The predicted molar refractivity (Wildman–Crippen MR) is 70.1 cm³/mol. The van der Waals surface area contributed by atoms with E-state index in [1.807, 2.05) is 19.2 Å². The zero-order valence-corrected chi connectivity index (χ0v) is 11.1. The molecule has 1 unspecified atom stereocenters. The van der Waals surface area contributed by atoms with Crippen molar-refractivity contribution in [3.05, 3.63) is 23.8 Å². The van der Waals surface area contributed by atoms with Gasteiger partial charge in [0.15, 0.2) is 11.5 Å². The molecule has 0 aliphatic carbocycles. The van der Waals surface area contributed by atoms with Crippen LogP contribution in [0.25, 0.3) is 0 Å². The number of unbranched alkanes of at least 4 members (excludes halogenated alkanes) is 1. The Labute approximate surface area is 108 Å². The minimum Gasteiger partial charge on any atom is -0.454 e. The van der Waals surface area contributed by atoms with Gasteiger partial charge >= 0.3 is 0 Å². The first-order chi connectivity index (χ1) is 8.85. The van der Waals surface area contributed by atoms with Crippen molar-refractivity contribution in [2.75, 3.05) is 27.1 Å². The molecule has 1 aliphatic rings. The van der Waals surface area contributed by atoms with Crippen LogP contribution < -0.4 is 14.8 Å². The molecule has 4 nitrogen and oxygen atoms in total. The van der Waals surface area contributed by atoms with Gasteiger partial charge in [-0.1, -0.05) is 19.4 Å². The monoisotopic (exact) mass is 251 g/mol. The molecule has 0 fully saturated rings. The molecule has 0 saturated carbocycles. The van der Waals surface area contributed by atoms with E-state index < -0.39 is 0 Å². The minimum atomic E-state index is 0.191. The minimum absolute atomic E-state index is 0.191. The van der Waals surface area contributed by atoms with Crippen molar-refractivity contribution in [1.29, 1.82) is 0 Å². The third-order valence-electron chi connectivity index (χ3n) is 3.07. The summed E-state index contributed by atoms with van der Waals surface area (Å²) in [6, 6.07) is 6.22. The molecule has 0 bridgehead atoms. The summed E-state index contributed by atoms with van der Waals surface area (Å²) in [6.45, 7) is 3.97. The maximum Gasteiger partial charge on any atom is 0.231 e. The van der Waals surface area contributed by atoms with Crippen LogP contribution in [0.1, 0.15) is 31.4 Å². The summed E-state index contributed by atoms with van der Waals surface area (Å²) in [6.07, 6.45) is 2.27. The average molecular weight is 251 g/mol. The van der Waals surface area contributed by atoms with E-state index in [0.29, 0.717) is 13.4 Å². The normalized spacial score (nSPS) is 14.8. The standard InChI is InChI=1S/C14H21NO3/c1-3-4-7-16-9-12(15-2)11-5-6-13-14(8-11)18-10-17-13/h5-6,8,12,15H,3-4,7,9-10H2,1-2H3. The number of hydrogen-bond acceptors (Lipinski definition) is 4. The second-order valence-electron chi connectivity index (χ2n) is 4.38. The molecule has 0 radical (unpaired) electrons. The molecule has 1 N–H and O–H groups in total. The van der Waals surface area contributed by atoms with Crippen molar-refractivity contribution in [2.24, 2.45) is 0 Å². The molecule has 1 aromatic rings. The van der Waals surface area contributed by atoms with E-state index >= 15 is 0 Å². The van der Waals surface area contributed by atoms with E-state index in [0.717, 1.165) is 30.9 Å². The van der Waals surface area contributed by atoms with Crippen LogP contribution in [0.2, 0.25) is 0 Å². The largest absolute Gasteiger partial charge is 0.454 e. The first-order valence-corrected chi connectivity index (χ1v) is 6.49. The highest BCUT2D eigenvalue weighted by molar-refractivity contribution is 5.45. The Bertz CT molecular complexity index is 381. The molecular weight excluding hydrogens is 230 g/mol. The Morgan fingerprint density at radius 1 is 1.33 bits per heavy atom. The lowest BCUT2D eigenvalue weighted by Crippen LogP contribution is -2.22. The lowest BCUT2D eigenvalue weighted by molar-refractivity contribution is 0.111. The fourth-order valence-electron chi connectivity index (χ4n) is 1.92. The Hall–Kier alpha value is -1.26. The number of fused-ring (bicyclic) bond motifs is 1. The Balaban J connectivity index is 1.94. The molecular formula is C14H21NO3. The summed E-state index contributed by atoms with van der Waals surface area (Å²) in [5.74, 6) is 1.64. The maximum atomic E-state index is 5.67. The van der Waals surface area contributed by atoms with Gasteiger partial charge in [-0.15, -0.1) is 0 Å². The molecule has 4 heteroatoms. The second-order valence-corrected chi connectivity index (χ2v) is 4.38. The molecule has 1 aromatic carbocycles. The van der Waals surface area contributed by atoms with Gasteiger partial charge < -0.3 is 19.5 Å². The summed E-state index contributed by atoms with van der Waals surface area (Å²) in [5, 5.41) is 3.27. The van der Waals surface area contributed by atoms with Crippen molar-refractivity contribution in [3.8, 4) is 11.5 Å². The fourth-order valence-corrected chi connectivity index (χ4v) is 1.92.